The number of hydrogen-bond acceptors (Lipinski definition) is 7. The molecule has 7 nitrogen and oxygen atoms in total. The van der Waals surface area contributed by atoms with E-state index in [1.807, 2.05) is 0 Å². The average Bonchev–Trinajstić information content (AvgIpc) is 3.34. The second-order valence-electron chi connectivity index (χ2n) is 10.7. The minimum absolute atomic E-state index is 0.0900. The number of anilines is 1. The smallest absolute Gasteiger partial charge is 0.150 e. The molecule has 1 aliphatic carbocycles. The van der Waals surface area contributed by atoms with E-state index in [2.05, 4.69) is 56.7 Å². The van der Waals surface area contributed by atoms with Gasteiger partial charge in [-0.1, -0.05) is 42.6 Å². The lowest BCUT2D eigenvalue weighted by Crippen LogP contribution is -2.46. The van der Waals surface area contributed by atoms with Gasteiger partial charge >= 0.3 is 0 Å². The first kappa shape index (κ1) is 24.8. The van der Waals surface area contributed by atoms with Crippen LogP contribution in [0.2, 0.25) is 0 Å². The van der Waals surface area contributed by atoms with Gasteiger partial charge in [0.1, 0.15) is 0 Å². The predicted molar refractivity (Wildman–Crippen MR) is 137 cm³/mol. The number of nitrogens with one attached hydrogen (secondary N) is 1. The van der Waals surface area contributed by atoms with Gasteiger partial charge in [0.15, 0.2) is 5.76 Å². The largest absolute Gasteiger partial charge is 0.390 e. The summed E-state index contributed by atoms with van der Waals surface area (Å²) in [6.07, 6.45) is 8.75. The van der Waals surface area contributed by atoms with Crippen LogP contribution in [0.25, 0.3) is 0 Å². The molecule has 0 spiro atoms. The highest BCUT2D eigenvalue weighted by molar-refractivity contribution is 5.46. The van der Waals surface area contributed by atoms with Crippen molar-refractivity contribution in [1.29, 1.82) is 0 Å². The Morgan fingerprint density at radius 1 is 0.943 bits per heavy atom. The summed E-state index contributed by atoms with van der Waals surface area (Å²) in [6, 6.07) is 12.7. The summed E-state index contributed by atoms with van der Waals surface area (Å²) in [7, 11) is 0. The fraction of sp³-hybridized carbons (Fsp3) is 0.679. The van der Waals surface area contributed by atoms with Gasteiger partial charge in [0.25, 0.3) is 0 Å². The van der Waals surface area contributed by atoms with E-state index >= 15 is 0 Å². The van der Waals surface area contributed by atoms with E-state index in [0.717, 1.165) is 82.4 Å². The Balaban J connectivity index is 1.04. The van der Waals surface area contributed by atoms with Crippen molar-refractivity contribution >= 4 is 5.69 Å². The Morgan fingerprint density at radius 2 is 1.74 bits per heavy atom. The van der Waals surface area contributed by atoms with Gasteiger partial charge in [-0.25, -0.2) is 0 Å². The second-order valence-corrected chi connectivity index (χ2v) is 10.7. The van der Waals surface area contributed by atoms with Crippen LogP contribution >= 0.6 is 0 Å². The molecule has 1 saturated carbocycles. The third-order valence-corrected chi connectivity index (χ3v) is 8.00. The maximum absolute atomic E-state index is 10.5. The predicted octanol–water partition coefficient (Wildman–Crippen LogP) is 3.62. The molecule has 1 aromatic carbocycles. The van der Waals surface area contributed by atoms with Crippen LogP contribution in [-0.2, 0) is 17.7 Å². The van der Waals surface area contributed by atoms with E-state index in [1.165, 1.54) is 37.8 Å². The van der Waals surface area contributed by atoms with Gasteiger partial charge in [0.05, 0.1) is 30.6 Å². The number of benzene rings is 1. The Kier molecular flexibility index (Phi) is 8.73. The summed E-state index contributed by atoms with van der Waals surface area (Å²) in [5, 5.41) is 18.4. The lowest BCUT2D eigenvalue weighted by atomic mass is 9.89. The molecule has 2 aliphatic heterocycles. The molecule has 2 saturated heterocycles. The first-order valence-electron chi connectivity index (χ1n) is 13.7. The minimum Gasteiger partial charge on any atom is -0.390 e. The van der Waals surface area contributed by atoms with Crippen molar-refractivity contribution in [3.8, 4) is 0 Å². The molecule has 35 heavy (non-hydrogen) atoms. The van der Waals surface area contributed by atoms with Crippen LogP contribution in [-0.4, -0.2) is 72.7 Å². The highest BCUT2D eigenvalue weighted by Gasteiger charge is 2.30. The lowest BCUT2D eigenvalue weighted by molar-refractivity contribution is -0.115. The quantitative estimate of drug-likeness (QED) is 0.566. The summed E-state index contributed by atoms with van der Waals surface area (Å²) in [4.78, 5) is 4.88. The number of hydrogen-bond donors (Lipinski definition) is 2. The zero-order valence-corrected chi connectivity index (χ0v) is 21.0. The van der Waals surface area contributed by atoms with Crippen LogP contribution in [0, 0.1) is 5.92 Å². The van der Waals surface area contributed by atoms with Crippen molar-refractivity contribution < 1.29 is 14.4 Å². The molecule has 2 aromatic rings. The summed E-state index contributed by atoms with van der Waals surface area (Å²) in [6.45, 7) is 6.66. The molecular formula is C28H42N4O3. The van der Waals surface area contributed by atoms with E-state index in [9.17, 15) is 5.11 Å². The van der Waals surface area contributed by atoms with E-state index < -0.39 is 0 Å². The molecule has 3 unspecified atom stereocenters. The Labute approximate surface area is 209 Å². The molecule has 0 amide bonds. The molecule has 0 bridgehead atoms. The van der Waals surface area contributed by atoms with Crippen molar-refractivity contribution in [3.05, 3.63) is 47.9 Å². The van der Waals surface area contributed by atoms with Gasteiger partial charge in [0.2, 0.25) is 0 Å². The van der Waals surface area contributed by atoms with E-state index in [-0.39, 0.29) is 18.3 Å². The number of piperazine rings is 1. The van der Waals surface area contributed by atoms with Crippen molar-refractivity contribution in [2.24, 2.45) is 5.92 Å². The Morgan fingerprint density at radius 3 is 2.54 bits per heavy atom. The molecule has 1 aromatic heterocycles. The number of ether oxygens (including phenoxy) is 1. The Bertz CT molecular complexity index is 877. The van der Waals surface area contributed by atoms with Gasteiger partial charge in [0, 0.05) is 50.9 Å². The molecule has 7 heteroatoms. The average molecular weight is 483 g/mol. The van der Waals surface area contributed by atoms with E-state index in [1.54, 1.807) is 0 Å². The highest BCUT2D eigenvalue weighted by atomic mass is 16.5. The molecule has 0 radical (unpaired) electrons. The van der Waals surface area contributed by atoms with Gasteiger partial charge < -0.3 is 24.6 Å². The van der Waals surface area contributed by atoms with E-state index in [4.69, 9.17) is 9.26 Å². The van der Waals surface area contributed by atoms with Gasteiger partial charge in [-0.15, -0.1) is 0 Å². The Hall–Kier alpha value is -1.93. The number of para-hydroxylation sites is 1. The molecule has 3 heterocycles. The zero-order valence-electron chi connectivity index (χ0n) is 21.0. The van der Waals surface area contributed by atoms with Crippen LogP contribution in [0.1, 0.15) is 56.4 Å². The maximum Gasteiger partial charge on any atom is 0.150 e. The molecule has 3 fully saturated rings. The monoisotopic (exact) mass is 482 g/mol. The number of nitrogens with zero attached hydrogens (tertiary/aromatic N) is 3. The fourth-order valence-corrected chi connectivity index (χ4v) is 5.89. The first-order valence-corrected chi connectivity index (χ1v) is 13.7. The van der Waals surface area contributed by atoms with E-state index in [0.29, 0.717) is 0 Å². The first-order chi connectivity index (χ1) is 17.2. The van der Waals surface area contributed by atoms with Crippen molar-refractivity contribution in [3.63, 3.8) is 0 Å². The number of aliphatic hydroxyl groups excluding tert-OH is 1. The fourth-order valence-electron chi connectivity index (χ4n) is 5.89. The molecule has 3 aliphatic rings. The normalized spacial score (nSPS) is 26.8. The van der Waals surface area contributed by atoms with Crippen molar-refractivity contribution in [1.82, 2.24) is 15.4 Å². The van der Waals surface area contributed by atoms with Gasteiger partial charge in [-0.05, 0) is 50.3 Å². The van der Waals surface area contributed by atoms with Crippen molar-refractivity contribution in [2.45, 2.75) is 76.2 Å². The van der Waals surface area contributed by atoms with Crippen LogP contribution < -0.4 is 10.2 Å². The standard InChI is InChI=1S/C28H42N4O3/c33-27-12-11-25(34-28(27)20-29-19-22-7-3-1-4-8-22)17-23-18-26(35-30-23)21-31-13-15-32(16-14-31)24-9-5-2-6-10-24/h2,5-6,9-10,18,22,25,27-29,33H,1,3-4,7-8,11-17,19-21H2. The lowest BCUT2D eigenvalue weighted by Gasteiger charge is -2.35. The van der Waals surface area contributed by atoms with Crippen LogP contribution in [0.15, 0.2) is 40.9 Å². The zero-order chi connectivity index (χ0) is 23.9. The maximum atomic E-state index is 10.5. The summed E-state index contributed by atoms with van der Waals surface area (Å²) in [5.74, 6) is 1.71. The van der Waals surface area contributed by atoms with Gasteiger partial charge in [-0.3, -0.25) is 4.90 Å². The molecular weight excluding hydrogens is 440 g/mol. The van der Waals surface area contributed by atoms with Gasteiger partial charge in [-0.2, -0.15) is 0 Å². The minimum atomic E-state index is -0.382. The van der Waals surface area contributed by atoms with Crippen LogP contribution in [0.4, 0.5) is 5.69 Å². The summed E-state index contributed by atoms with van der Waals surface area (Å²) >= 11 is 0. The summed E-state index contributed by atoms with van der Waals surface area (Å²) < 4.78 is 12.0. The van der Waals surface area contributed by atoms with Crippen LogP contribution in [0.5, 0.6) is 0 Å². The third kappa shape index (κ3) is 7.06. The second kappa shape index (κ2) is 12.3. The summed E-state index contributed by atoms with van der Waals surface area (Å²) in [5.41, 5.74) is 2.26. The third-order valence-electron chi connectivity index (χ3n) is 8.00. The number of aromatic nitrogens is 1. The topological polar surface area (TPSA) is 74.0 Å². The molecule has 2 N–H and O–H groups in total. The molecule has 3 atom stereocenters. The van der Waals surface area contributed by atoms with Crippen LogP contribution in [0.3, 0.4) is 0 Å². The molecule has 192 valence electrons. The SMILES string of the molecule is OC1CCC(Cc2cc(CN3CCN(c4ccccc4)CC3)on2)OC1CNCC1CCCCC1. The highest BCUT2D eigenvalue weighted by Crippen LogP contribution is 2.25. The molecule has 5 rings (SSSR count). The number of rotatable bonds is 9. The van der Waals surface area contributed by atoms with Crippen molar-refractivity contribution in [2.75, 3.05) is 44.2 Å². The number of aliphatic hydroxyl groups is 1.